The number of allylic oxidation sites excluding steroid dienone is 1. The Bertz CT molecular complexity index is 1060. The number of alkyl halides is 3. The molecule has 36 heavy (non-hydrogen) atoms. The number of benzene rings is 1. The van der Waals surface area contributed by atoms with Crippen LogP contribution in [0.5, 0.6) is 5.75 Å². The number of rotatable bonds is 11. The number of fused-ring (bicyclic) bond motifs is 1. The van der Waals surface area contributed by atoms with Crippen LogP contribution in [0.3, 0.4) is 0 Å². The number of ether oxygens (including phenoxy) is 1. The zero-order valence-electron chi connectivity index (χ0n) is 19.5. The molecular weight excluding hydrogens is 485 g/mol. The minimum atomic E-state index is -4.99. The number of nitrogens with one attached hydrogen (secondary N) is 1. The third kappa shape index (κ3) is 5.53. The SMILES string of the molecule is CCCCC=CCCN1C(=O)C2C(c3cccc(OC(F)(F)F)c3)NC(CC(=O)O)(C(=O)O)C2C1=O. The van der Waals surface area contributed by atoms with Gasteiger partial charge in [-0.15, -0.1) is 13.2 Å². The average Bonchev–Trinajstić information content (AvgIpc) is 3.24. The Morgan fingerprint density at radius 2 is 1.86 bits per heavy atom. The number of likely N-dealkylation sites (tertiary alicyclic amines) is 1. The Balaban J connectivity index is 1.98. The van der Waals surface area contributed by atoms with Crippen molar-refractivity contribution in [2.75, 3.05) is 6.54 Å². The number of unbranched alkanes of at least 4 members (excludes halogenated alkanes) is 2. The van der Waals surface area contributed by atoms with Crippen LogP contribution < -0.4 is 10.1 Å². The summed E-state index contributed by atoms with van der Waals surface area (Å²) >= 11 is 0. The lowest BCUT2D eigenvalue weighted by Gasteiger charge is -2.29. The lowest BCUT2D eigenvalue weighted by Crippen LogP contribution is -2.57. The van der Waals surface area contributed by atoms with E-state index in [1.807, 2.05) is 13.0 Å². The number of carboxylic acids is 2. The molecule has 2 fully saturated rings. The van der Waals surface area contributed by atoms with E-state index in [2.05, 4.69) is 10.1 Å². The first kappa shape index (κ1) is 27.2. The third-order valence-electron chi connectivity index (χ3n) is 6.42. The number of nitrogens with zero attached hydrogens (tertiary/aromatic N) is 1. The van der Waals surface area contributed by atoms with Gasteiger partial charge in [-0.3, -0.25) is 29.4 Å². The van der Waals surface area contributed by atoms with Crippen LogP contribution in [-0.2, 0) is 19.2 Å². The molecule has 2 heterocycles. The summed E-state index contributed by atoms with van der Waals surface area (Å²) < 4.78 is 42.1. The van der Waals surface area contributed by atoms with Gasteiger partial charge in [0.25, 0.3) is 0 Å². The molecule has 0 radical (unpaired) electrons. The monoisotopic (exact) mass is 512 g/mol. The van der Waals surface area contributed by atoms with Gasteiger partial charge in [-0.25, -0.2) is 0 Å². The molecule has 0 bridgehead atoms. The molecule has 0 spiro atoms. The van der Waals surface area contributed by atoms with Crippen LogP contribution in [0.2, 0.25) is 0 Å². The number of hydrogen-bond donors (Lipinski definition) is 3. The Morgan fingerprint density at radius 3 is 2.47 bits per heavy atom. The molecular formula is C24H27F3N2O7. The largest absolute Gasteiger partial charge is 0.573 e. The average molecular weight is 512 g/mol. The first-order valence-corrected chi connectivity index (χ1v) is 11.5. The zero-order valence-corrected chi connectivity index (χ0v) is 19.5. The van der Waals surface area contributed by atoms with Crippen LogP contribution in [0.25, 0.3) is 0 Å². The number of aliphatic carboxylic acids is 2. The number of carboxylic acid groups (broad SMARTS) is 2. The maximum Gasteiger partial charge on any atom is 0.573 e. The van der Waals surface area contributed by atoms with Gasteiger partial charge in [-0.1, -0.05) is 44.1 Å². The van der Waals surface area contributed by atoms with Crippen LogP contribution >= 0.6 is 0 Å². The number of amides is 2. The van der Waals surface area contributed by atoms with Gasteiger partial charge < -0.3 is 14.9 Å². The predicted molar refractivity (Wildman–Crippen MR) is 119 cm³/mol. The summed E-state index contributed by atoms with van der Waals surface area (Å²) in [7, 11) is 0. The zero-order chi connectivity index (χ0) is 26.7. The molecule has 2 amide bonds. The number of carbonyl (C=O) groups excluding carboxylic acids is 2. The maximum atomic E-state index is 13.3. The molecule has 0 aliphatic carbocycles. The van der Waals surface area contributed by atoms with Crippen molar-refractivity contribution in [3.63, 3.8) is 0 Å². The Kier molecular flexibility index (Phi) is 8.07. The summed E-state index contributed by atoms with van der Waals surface area (Å²) in [5, 5.41) is 22.1. The van der Waals surface area contributed by atoms with Crippen LogP contribution in [0.15, 0.2) is 36.4 Å². The summed E-state index contributed by atoms with van der Waals surface area (Å²) in [6, 6.07) is 3.37. The van der Waals surface area contributed by atoms with Crippen LogP contribution in [-0.4, -0.2) is 57.3 Å². The fourth-order valence-electron chi connectivity index (χ4n) is 4.91. The topological polar surface area (TPSA) is 133 Å². The standard InChI is InChI=1S/C24H27F3N2O7/c1-2-3-4-5-6-7-11-29-20(32)17-18(21(29)33)23(22(34)35,13-16(30)31)28-19(17)14-9-8-10-15(12-14)36-24(25,26)27/h5-6,8-10,12,17-19,28H,2-4,7,11,13H2,1H3,(H,30,31)(H,34,35). The van der Waals surface area contributed by atoms with Gasteiger partial charge in [-0.2, -0.15) is 0 Å². The Labute approximate surface area is 204 Å². The lowest BCUT2D eigenvalue weighted by atomic mass is 9.77. The lowest BCUT2D eigenvalue weighted by molar-refractivity contribution is -0.274. The van der Waals surface area contributed by atoms with E-state index < -0.39 is 65.7 Å². The highest BCUT2D eigenvalue weighted by Gasteiger charge is 2.69. The molecule has 4 unspecified atom stereocenters. The van der Waals surface area contributed by atoms with Gasteiger partial charge in [0.1, 0.15) is 11.3 Å². The van der Waals surface area contributed by atoms with Gasteiger partial charge in [-0.05, 0) is 30.5 Å². The third-order valence-corrected chi connectivity index (χ3v) is 6.42. The molecule has 2 aliphatic heterocycles. The van der Waals surface area contributed by atoms with E-state index in [0.717, 1.165) is 36.3 Å². The molecule has 0 aromatic heterocycles. The molecule has 3 N–H and O–H groups in total. The van der Waals surface area contributed by atoms with E-state index in [9.17, 15) is 42.6 Å². The summed E-state index contributed by atoms with van der Waals surface area (Å²) in [5.41, 5.74) is -2.27. The second-order valence-electron chi connectivity index (χ2n) is 8.82. The van der Waals surface area contributed by atoms with Crippen molar-refractivity contribution in [1.29, 1.82) is 0 Å². The first-order valence-electron chi connectivity index (χ1n) is 11.5. The highest BCUT2D eigenvalue weighted by molar-refractivity contribution is 6.10. The van der Waals surface area contributed by atoms with Crippen LogP contribution in [0.1, 0.15) is 50.6 Å². The maximum absolute atomic E-state index is 13.3. The molecule has 1 aromatic rings. The normalized spacial score (nSPS) is 26.0. The highest BCUT2D eigenvalue weighted by Crippen LogP contribution is 2.50. The van der Waals surface area contributed by atoms with Crippen molar-refractivity contribution in [2.24, 2.45) is 11.8 Å². The summed E-state index contributed by atoms with van der Waals surface area (Å²) in [6.45, 7) is 2.01. The predicted octanol–water partition coefficient (Wildman–Crippen LogP) is 3.27. The molecule has 1 aromatic carbocycles. The van der Waals surface area contributed by atoms with Crippen molar-refractivity contribution >= 4 is 23.8 Å². The number of imide groups is 1. The summed E-state index contributed by atoms with van der Waals surface area (Å²) in [4.78, 5) is 51.5. The van der Waals surface area contributed by atoms with Crippen molar-refractivity contribution in [3.8, 4) is 5.75 Å². The molecule has 0 saturated carbocycles. The van der Waals surface area contributed by atoms with E-state index in [1.54, 1.807) is 6.08 Å². The molecule has 4 atom stereocenters. The minimum Gasteiger partial charge on any atom is -0.481 e. The highest BCUT2D eigenvalue weighted by atomic mass is 19.4. The van der Waals surface area contributed by atoms with E-state index in [0.29, 0.717) is 6.42 Å². The number of hydrogen-bond acceptors (Lipinski definition) is 6. The smallest absolute Gasteiger partial charge is 0.481 e. The van der Waals surface area contributed by atoms with Crippen molar-refractivity contribution in [2.45, 2.75) is 57.0 Å². The second-order valence-corrected chi connectivity index (χ2v) is 8.82. The number of halogens is 3. The van der Waals surface area contributed by atoms with Gasteiger partial charge >= 0.3 is 18.3 Å². The van der Waals surface area contributed by atoms with E-state index in [-0.39, 0.29) is 12.1 Å². The van der Waals surface area contributed by atoms with E-state index in [1.165, 1.54) is 12.1 Å². The molecule has 9 nitrogen and oxygen atoms in total. The minimum absolute atomic E-state index is 0.0278. The van der Waals surface area contributed by atoms with Crippen LogP contribution in [0.4, 0.5) is 13.2 Å². The Hall–Kier alpha value is -3.41. The summed E-state index contributed by atoms with van der Waals surface area (Å²) in [5.74, 6) is -8.18. The Morgan fingerprint density at radius 1 is 1.17 bits per heavy atom. The quantitative estimate of drug-likeness (QED) is 0.234. The van der Waals surface area contributed by atoms with Gasteiger partial charge in [0.15, 0.2) is 0 Å². The first-order chi connectivity index (χ1) is 16.9. The van der Waals surface area contributed by atoms with Crippen molar-refractivity contribution < 1.29 is 47.3 Å². The van der Waals surface area contributed by atoms with Gasteiger partial charge in [0.2, 0.25) is 11.8 Å². The second kappa shape index (κ2) is 10.7. The van der Waals surface area contributed by atoms with Gasteiger partial charge in [0, 0.05) is 12.6 Å². The van der Waals surface area contributed by atoms with Gasteiger partial charge in [0.05, 0.1) is 18.3 Å². The molecule has 3 rings (SSSR count). The molecule has 196 valence electrons. The van der Waals surface area contributed by atoms with Crippen molar-refractivity contribution in [3.05, 3.63) is 42.0 Å². The summed E-state index contributed by atoms with van der Waals surface area (Å²) in [6.07, 6.45) is 0.850. The fourth-order valence-corrected chi connectivity index (χ4v) is 4.91. The fraction of sp³-hybridized carbons (Fsp3) is 0.500. The molecule has 2 saturated heterocycles. The van der Waals surface area contributed by atoms with E-state index in [4.69, 9.17) is 0 Å². The number of carbonyl (C=O) groups is 4. The van der Waals surface area contributed by atoms with Crippen molar-refractivity contribution in [1.82, 2.24) is 10.2 Å². The van der Waals surface area contributed by atoms with E-state index >= 15 is 0 Å². The molecule has 2 aliphatic rings. The van der Waals surface area contributed by atoms with Crippen LogP contribution in [0, 0.1) is 11.8 Å². The molecule has 12 heteroatoms.